The molecule has 1 aromatic carbocycles. The molecule has 8 heteroatoms. The summed E-state index contributed by atoms with van der Waals surface area (Å²) < 4.78 is 2.07. The van der Waals surface area contributed by atoms with Gasteiger partial charge in [0.05, 0.1) is 12.7 Å². The van der Waals surface area contributed by atoms with E-state index in [1.54, 1.807) is 12.1 Å². The molecule has 0 bridgehead atoms. The molecule has 0 saturated carbocycles. The van der Waals surface area contributed by atoms with Gasteiger partial charge in [0.2, 0.25) is 0 Å². The summed E-state index contributed by atoms with van der Waals surface area (Å²) in [6.45, 7) is 1.78. The average Bonchev–Trinajstić information content (AvgIpc) is 2.86. The molecule has 1 aromatic heterocycles. The summed E-state index contributed by atoms with van der Waals surface area (Å²) in [5.74, 6) is -1.22. The Bertz CT molecular complexity index is 684. The number of nitrogens with zero attached hydrogens (tertiary/aromatic N) is 3. The van der Waals surface area contributed by atoms with Crippen LogP contribution in [0.4, 0.5) is 0 Å². The third kappa shape index (κ3) is 3.88. The molecule has 0 saturated heterocycles. The van der Waals surface area contributed by atoms with Gasteiger partial charge in [0.25, 0.3) is 5.91 Å². The standard InChI is InChI=1S/C13H13BrN4O3/c1-8-10(3-2-4-11(8)14)13(21)15-5-9-6-18(17-16-9)7-12(19)20/h2-4,6H,5,7H2,1H3,(H,15,21)(H,19,20). The molecule has 2 N–H and O–H groups in total. The van der Waals surface area contributed by atoms with E-state index in [-0.39, 0.29) is 19.0 Å². The van der Waals surface area contributed by atoms with E-state index in [1.807, 2.05) is 13.0 Å². The van der Waals surface area contributed by atoms with Crippen LogP contribution in [0.3, 0.4) is 0 Å². The Morgan fingerprint density at radius 2 is 2.19 bits per heavy atom. The topological polar surface area (TPSA) is 97.1 Å². The summed E-state index contributed by atoms with van der Waals surface area (Å²) in [6.07, 6.45) is 1.49. The van der Waals surface area contributed by atoms with E-state index in [4.69, 9.17) is 5.11 Å². The van der Waals surface area contributed by atoms with Gasteiger partial charge in [-0.25, -0.2) is 4.68 Å². The van der Waals surface area contributed by atoms with Crippen molar-refractivity contribution in [2.24, 2.45) is 0 Å². The number of carboxylic acids is 1. The molecule has 0 aliphatic carbocycles. The van der Waals surface area contributed by atoms with Crippen molar-refractivity contribution in [2.45, 2.75) is 20.0 Å². The number of hydrogen-bond acceptors (Lipinski definition) is 4. The lowest BCUT2D eigenvalue weighted by molar-refractivity contribution is -0.137. The monoisotopic (exact) mass is 352 g/mol. The van der Waals surface area contributed by atoms with E-state index in [2.05, 4.69) is 31.6 Å². The van der Waals surface area contributed by atoms with Crippen molar-refractivity contribution in [3.05, 3.63) is 45.7 Å². The first kappa shape index (κ1) is 15.2. The second-order valence-electron chi connectivity index (χ2n) is 4.40. The van der Waals surface area contributed by atoms with Gasteiger partial charge in [-0.2, -0.15) is 0 Å². The van der Waals surface area contributed by atoms with Crippen molar-refractivity contribution in [1.82, 2.24) is 20.3 Å². The predicted molar refractivity (Wildman–Crippen MR) is 77.7 cm³/mol. The lowest BCUT2D eigenvalue weighted by atomic mass is 10.1. The Balaban J connectivity index is 1.99. The van der Waals surface area contributed by atoms with E-state index < -0.39 is 5.97 Å². The SMILES string of the molecule is Cc1c(Br)cccc1C(=O)NCc1cn(CC(=O)O)nn1. The highest BCUT2D eigenvalue weighted by atomic mass is 79.9. The number of benzene rings is 1. The lowest BCUT2D eigenvalue weighted by Crippen LogP contribution is -2.23. The zero-order valence-electron chi connectivity index (χ0n) is 11.2. The number of carboxylic acid groups (broad SMARTS) is 1. The zero-order valence-corrected chi connectivity index (χ0v) is 12.8. The van der Waals surface area contributed by atoms with E-state index in [9.17, 15) is 9.59 Å². The molecule has 0 spiro atoms. The fourth-order valence-electron chi connectivity index (χ4n) is 1.75. The maximum Gasteiger partial charge on any atom is 0.325 e. The van der Waals surface area contributed by atoms with Crippen LogP contribution < -0.4 is 5.32 Å². The molecular weight excluding hydrogens is 340 g/mol. The summed E-state index contributed by atoms with van der Waals surface area (Å²) >= 11 is 3.38. The average molecular weight is 353 g/mol. The van der Waals surface area contributed by atoms with Crippen LogP contribution in [0.2, 0.25) is 0 Å². The molecule has 2 rings (SSSR count). The number of nitrogens with one attached hydrogen (secondary N) is 1. The molecule has 1 amide bonds. The second-order valence-corrected chi connectivity index (χ2v) is 5.25. The lowest BCUT2D eigenvalue weighted by Gasteiger charge is -2.07. The number of aliphatic carboxylic acids is 1. The Hall–Kier alpha value is -2.22. The van der Waals surface area contributed by atoms with Gasteiger partial charge in [0, 0.05) is 10.0 Å². The van der Waals surface area contributed by atoms with Crippen molar-refractivity contribution in [2.75, 3.05) is 0 Å². The fourth-order valence-corrected chi connectivity index (χ4v) is 2.12. The van der Waals surface area contributed by atoms with Crippen LogP contribution >= 0.6 is 15.9 Å². The molecule has 7 nitrogen and oxygen atoms in total. The van der Waals surface area contributed by atoms with Crippen LogP contribution in [-0.2, 0) is 17.9 Å². The molecule has 21 heavy (non-hydrogen) atoms. The van der Waals surface area contributed by atoms with Crippen LogP contribution in [0, 0.1) is 6.92 Å². The quantitative estimate of drug-likeness (QED) is 0.846. The van der Waals surface area contributed by atoms with Gasteiger partial charge in [-0.3, -0.25) is 9.59 Å². The van der Waals surface area contributed by atoms with Gasteiger partial charge < -0.3 is 10.4 Å². The normalized spacial score (nSPS) is 10.4. The van der Waals surface area contributed by atoms with E-state index >= 15 is 0 Å². The summed E-state index contributed by atoms with van der Waals surface area (Å²) in [5, 5.41) is 18.8. The Morgan fingerprint density at radius 3 is 2.90 bits per heavy atom. The predicted octanol–water partition coefficient (Wildman–Crippen LogP) is 1.36. The highest BCUT2D eigenvalue weighted by Gasteiger charge is 2.11. The minimum absolute atomic E-state index is 0.185. The van der Waals surface area contributed by atoms with Crippen molar-refractivity contribution < 1.29 is 14.7 Å². The molecule has 0 aliphatic heterocycles. The molecule has 0 unspecified atom stereocenters. The summed E-state index contributed by atoms with van der Waals surface area (Å²) in [4.78, 5) is 22.6. The molecular formula is C13H13BrN4O3. The van der Waals surface area contributed by atoms with Gasteiger partial charge >= 0.3 is 5.97 Å². The van der Waals surface area contributed by atoms with Crippen molar-refractivity contribution in [1.29, 1.82) is 0 Å². The minimum Gasteiger partial charge on any atom is -0.480 e. The number of amides is 1. The third-order valence-corrected chi connectivity index (χ3v) is 3.68. The zero-order chi connectivity index (χ0) is 15.4. The van der Waals surface area contributed by atoms with Crippen LogP contribution in [-0.4, -0.2) is 32.0 Å². The minimum atomic E-state index is -1.000. The van der Waals surface area contributed by atoms with Gasteiger partial charge in [0.1, 0.15) is 12.2 Å². The van der Waals surface area contributed by atoms with Crippen LogP contribution in [0.5, 0.6) is 0 Å². The third-order valence-electron chi connectivity index (χ3n) is 2.83. The first-order chi connectivity index (χ1) is 9.97. The van der Waals surface area contributed by atoms with Gasteiger partial charge in [-0.15, -0.1) is 5.10 Å². The van der Waals surface area contributed by atoms with Crippen molar-refractivity contribution in [3.63, 3.8) is 0 Å². The number of halogens is 1. The first-order valence-electron chi connectivity index (χ1n) is 6.11. The molecule has 0 aliphatic rings. The molecule has 0 atom stereocenters. The molecule has 0 fully saturated rings. The molecule has 2 aromatic rings. The number of hydrogen-bond donors (Lipinski definition) is 2. The number of carbonyl (C=O) groups is 2. The molecule has 1 heterocycles. The van der Waals surface area contributed by atoms with Gasteiger partial charge in [0.15, 0.2) is 0 Å². The Morgan fingerprint density at radius 1 is 1.43 bits per heavy atom. The summed E-state index contributed by atoms with van der Waals surface area (Å²) in [7, 11) is 0. The Labute approximate surface area is 129 Å². The van der Waals surface area contributed by atoms with Crippen molar-refractivity contribution >= 4 is 27.8 Å². The number of rotatable bonds is 5. The molecule has 0 radical (unpaired) electrons. The summed E-state index contributed by atoms with van der Waals surface area (Å²) in [5.41, 5.74) is 1.92. The first-order valence-corrected chi connectivity index (χ1v) is 6.91. The number of carbonyl (C=O) groups excluding carboxylic acids is 1. The van der Waals surface area contributed by atoms with Crippen LogP contribution in [0.25, 0.3) is 0 Å². The maximum absolute atomic E-state index is 12.1. The number of aromatic nitrogens is 3. The van der Waals surface area contributed by atoms with Gasteiger partial charge in [-0.05, 0) is 24.6 Å². The van der Waals surface area contributed by atoms with Crippen LogP contribution in [0.1, 0.15) is 21.6 Å². The maximum atomic E-state index is 12.1. The highest BCUT2D eigenvalue weighted by molar-refractivity contribution is 9.10. The van der Waals surface area contributed by atoms with E-state index in [0.29, 0.717) is 11.3 Å². The van der Waals surface area contributed by atoms with Crippen LogP contribution in [0.15, 0.2) is 28.9 Å². The summed E-state index contributed by atoms with van der Waals surface area (Å²) in [6, 6.07) is 5.38. The second kappa shape index (κ2) is 6.49. The fraction of sp³-hybridized carbons (Fsp3) is 0.231. The van der Waals surface area contributed by atoms with E-state index in [1.165, 1.54) is 10.9 Å². The van der Waals surface area contributed by atoms with E-state index in [0.717, 1.165) is 10.0 Å². The largest absolute Gasteiger partial charge is 0.480 e. The Kier molecular flexibility index (Phi) is 4.69. The van der Waals surface area contributed by atoms with Gasteiger partial charge in [-0.1, -0.05) is 27.2 Å². The highest BCUT2D eigenvalue weighted by Crippen LogP contribution is 2.19. The smallest absolute Gasteiger partial charge is 0.325 e. The molecule has 110 valence electrons. The van der Waals surface area contributed by atoms with Crippen molar-refractivity contribution in [3.8, 4) is 0 Å².